The Morgan fingerprint density at radius 1 is 1.21 bits per heavy atom. The predicted molar refractivity (Wildman–Crippen MR) is 96.6 cm³/mol. The molecule has 1 heterocycles. The quantitative estimate of drug-likeness (QED) is 0.859. The number of hydrogen-bond donors (Lipinski definition) is 2. The molecule has 3 rings (SSSR count). The van der Waals surface area contributed by atoms with Crippen LogP contribution in [0.1, 0.15) is 40.9 Å². The average molecular weight is 323 g/mol. The molecule has 0 spiro atoms. The fraction of sp³-hybridized carbons (Fsp3) is 0.350. The number of amides is 1. The number of primary amides is 1. The number of nitrogens with one attached hydrogen (secondary N) is 1. The van der Waals surface area contributed by atoms with Gasteiger partial charge in [0.25, 0.3) is 0 Å². The van der Waals surface area contributed by atoms with Crippen LogP contribution in [0.5, 0.6) is 0 Å². The highest BCUT2D eigenvalue weighted by Gasteiger charge is 2.26. The Kier molecular flexibility index (Phi) is 5.28. The number of nitrogens with two attached hydrogens (primary N) is 1. The molecule has 126 valence electrons. The Morgan fingerprint density at radius 3 is 2.58 bits per heavy atom. The van der Waals surface area contributed by atoms with E-state index in [0.29, 0.717) is 17.6 Å². The molecule has 0 aliphatic carbocycles. The summed E-state index contributed by atoms with van der Waals surface area (Å²) in [6, 6.07) is 19.1. The lowest BCUT2D eigenvalue weighted by Gasteiger charge is -2.25. The van der Waals surface area contributed by atoms with Gasteiger partial charge in [0.15, 0.2) is 0 Å². The van der Waals surface area contributed by atoms with E-state index >= 15 is 0 Å². The van der Waals surface area contributed by atoms with Crippen LogP contribution in [0.15, 0.2) is 54.6 Å². The van der Waals surface area contributed by atoms with Gasteiger partial charge in [0.05, 0.1) is 0 Å². The minimum Gasteiger partial charge on any atom is -0.366 e. The molecule has 24 heavy (non-hydrogen) atoms. The first kappa shape index (κ1) is 16.7. The fourth-order valence-corrected chi connectivity index (χ4v) is 3.30. The Morgan fingerprint density at radius 2 is 1.92 bits per heavy atom. The van der Waals surface area contributed by atoms with E-state index < -0.39 is 0 Å². The van der Waals surface area contributed by atoms with Gasteiger partial charge in [0.2, 0.25) is 5.91 Å². The van der Waals surface area contributed by atoms with Gasteiger partial charge in [-0.1, -0.05) is 42.5 Å². The summed E-state index contributed by atoms with van der Waals surface area (Å²) in [5, 5.41) is 3.63. The van der Waals surface area contributed by atoms with Crippen molar-refractivity contribution in [3.63, 3.8) is 0 Å². The number of carbonyl (C=O) groups excluding carboxylic acids is 1. The number of benzene rings is 2. The minimum atomic E-state index is -0.379. The average Bonchev–Trinajstić information content (AvgIpc) is 3.09. The predicted octanol–water partition coefficient (Wildman–Crippen LogP) is 2.71. The van der Waals surface area contributed by atoms with Crippen molar-refractivity contribution in [2.45, 2.75) is 32.0 Å². The maximum absolute atomic E-state index is 11.1. The van der Waals surface area contributed by atoms with Crippen LogP contribution in [-0.4, -0.2) is 29.9 Å². The number of rotatable bonds is 6. The summed E-state index contributed by atoms with van der Waals surface area (Å²) in [6.07, 6.45) is 1.16. The van der Waals surface area contributed by atoms with E-state index in [1.54, 1.807) is 12.1 Å². The van der Waals surface area contributed by atoms with Crippen molar-refractivity contribution >= 4 is 5.91 Å². The Labute approximate surface area is 143 Å². The first-order valence-corrected chi connectivity index (χ1v) is 8.54. The lowest BCUT2D eigenvalue weighted by atomic mass is 10.1. The smallest absolute Gasteiger partial charge is 0.248 e. The van der Waals surface area contributed by atoms with Gasteiger partial charge in [-0.25, -0.2) is 0 Å². The normalized spacial score (nSPS) is 19.3. The zero-order valence-corrected chi connectivity index (χ0v) is 14.1. The van der Waals surface area contributed by atoms with E-state index in [-0.39, 0.29) is 5.91 Å². The van der Waals surface area contributed by atoms with Crippen LogP contribution in [0.3, 0.4) is 0 Å². The van der Waals surface area contributed by atoms with Crippen LogP contribution in [0.2, 0.25) is 0 Å². The van der Waals surface area contributed by atoms with Crippen molar-refractivity contribution in [3.05, 3.63) is 71.3 Å². The number of likely N-dealkylation sites (tertiary alicyclic amines) is 1. The highest BCUT2D eigenvalue weighted by molar-refractivity contribution is 5.92. The minimum absolute atomic E-state index is 0.379. The van der Waals surface area contributed by atoms with Gasteiger partial charge in [0.1, 0.15) is 0 Å². The third-order valence-electron chi connectivity index (χ3n) is 4.88. The molecule has 0 saturated carbocycles. The molecule has 3 N–H and O–H groups in total. The molecular weight excluding hydrogens is 298 g/mol. The van der Waals surface area contributed by atoms with Crippen LogP contribution in [0.4, 0.5) is 0 Å². The van der Waals surface area contributed by atoms with Crippen LogP contribution < -0.4 is 11.1 Å². The number of nitrogens with zero attached hydrogens (tertiary/aromatic N) is 1. The monoisotopic (exact) mass is 323 g/mol. The van der Waals surface area contributed by atoms with E-state index in [4.69, 9.17) is 5.73 Å². The molecule has 1 aliphatic heterocycles. The molecule has 0 bridgehead atoms. The number of carbonyl (C=O) groups is 1. The van der Waals surface area contributed by atoms with Gasteiger partial charge in [-0.3, -0.25) is 9.69 Å². The molecule has 2 unspecified atom stereocenters. The third kappa shape index (κ3) is 4.02. The second-order valence-electron chi connectivity index (χ2n) is 6.51. The largest absolute Gasteiger partial charge is 0.366 e. The summed E-state index contributed by atoms with van der Waals surface area (Å²) in [5.41, 5.74) is 8.38. The summed E-state index contributed by atoms with van der Waals surface area (Å²) >= 11 is 0. The lowest BCUT2D eigenvalue weighted by Crippen LogP contribution is -2.33. The van der Waals surface area contributed by atoms with E-state index in [9.17, 15) is 4.79 Å². The van der Waals surface area contributed by atoms with Gasteiger partial charge in [-0.15, -0.1) is 0 Å². The fourth-order valence-electron chi connectivity index (χ4n) is 3.30. The van der Waals surface area contributed by atoms with Crippen molar-refractivity contribution in [2.75, 3.05) is 13.1 Å². The molecule has 1 saturated heterocycles. The lowest BCUT2D eigenvalue weighted by molar-refractivity contribution is 0.100. The highest BCUT2D eigenvalue weighted by atomic mass is 16.1. The SMILES string of the molecule is CC(c1ccccc1)N1CCC(NCc2ccc(C(N)=O)cc2)C1. The summed E-state index contributed by atoms with van der Waals surface area (Å²) in [4.78, 5) is 13.6. The Hall–Kier alpha value is -2.17. The van der Waals surface area contributed by atoms with Crippen LogP contribution in [0, 0.1) is 0 Å². The molecule has 2 aromatic carbocycles. The zero-order chi connectivity index (χ0) is 16.9. The maximum atomic E-state index is 11.1. The highest BCUT2D eigenvalue weighted by Crippen LogP contribution is 2.24. The van der Waals surface area contributed by atoms with E-state index in [1.165, 1.54) is 11.1 Å². The van der Waals surface area contributed by atoms with E-state index in [2.05, 4.69) is 47.5 Å². The van der Waals surface area contributed by atoms with Crippen LogP contribution in [0.25, 0.3) is 0 Å². The molecule has 2 aromatic rings. The summed E-state index contributed by atoms with van der Waals surface area (Å²) < 4.78 is 0. The second kappa shape index (κ2) is 7.60. The summed E-state index contributed by atoms with van der Waals surface area (Å²) in [7, 11) is 0. The van der Waals surface area contributed by atoms with Crippen molar-refractivity contribution in [1.29, 1.82) is 0 Å². The van der Waals surface area contributed by atoms with Crippen LogP contribution >= 0.6 is 0 Å². The second-order valence-corrected chi connectivity index (χ2v) is 6.51. The molecule has 2 atom stereocenters. The topological polar surface area (TPSA) is 58.4 Å². The Balaban J connectivity index is 1.50. The summed E-state index contributed by atoms with van der Waals surface area (Å²) in [6.45, 7) is 5.28. The van der Waals surface area contributed by atoms with Gasteiger partial charge in [0, 0.05) is 37.3 Å². The van der Waals surface area contributed by atoms with Gasteiger partial charge >= 0.3 is 0 Å². The third-order valence-corrected chi connectivity index (χ3v) is 4.88. The first-order valence-electron chi connectivity index (χ1n) is 8.54. The molecular formula is C20H25N3O. The van der Waals surface area contributed by atoms with Crippen molar-refractivity contribution in [2.24, 2.45) is 5.73 Å². The van der Waals surface area contributed by atoms with Crippen LogP contribution in [-0.2, 0) is 6.54 Å². The van der Waals surface area contributed by atoms with Gasteiger partial charge < -0.3 is 11.1 Å². The summed E-state index contributed by atoms with van der Waals surface area (Å²) in [5.74, 6) is -0.379. The van der Waals surface area contributed by atoms with Gasteiger partial charge in [-0.2, -0.15) is 0 Å². The molecule has 1 amide bonds. The molecule has 1 aliphatic rings. The molecule has 0 radical (unpaired) electrons. The Bertz CT molecular complexity index is 669. The zero-order valence-electron chi connectivity index (χ0n) is 14.1. The maximum Gasteiger partial charge on any atom is 0.248 e. The molecule has 4 heteroatoms. The molecule has 4 nitrogen and oxygen atoms in total. The van der Waals surface area contributed by atoms with Crippen molar-refractivity contribution in [1.82, 2.24) is 10.2 Å². The van der Waals surface area contributed by atoms with E-state index in [0.717, 1.165) is 26.1 Å². The number of hydrogen-bond acceptors (Lipinski definition) is 3. The molecule has 1 fully saturated rings. The van der Waals surface area contributed by atoms with Crippen molar-refractivity contribution in [3.8, 4) is 0 Å². The van der Waals surface area contributed by atoms with Gasteiger partial charge in [-0.05, 0) is 36.6 Å². The molecule has 0 aromatic heterocycles. The van der Waals surface area contributed by atoms with Crippen molar-refractivity contribution < 1.29 is 4.79 Å². The standard InChI is InChI=1S/C20H25N3O/c1-15(17-5-3-2-4-6-17)23-12-11-19(14-23)22-13-16-7-9-18(10-8-16)20(21)24/h2-10,15,19,22H,11-14H2,1H3,(H2,21,24). The van der Waals surface area contributed by atoms with E-state index in [1.807, 2.05) is 12.1 Å². The first-order chi connectivity index (χ1) is 11.6.